The van der Waals surface area contributed by atoms with Crippen LogP contribution in [-0.4, -0.2) is 29.3 Å². The number of nitrogens with zero attached hydrogens (tertiary/aromatic N) is 1. The summed E-state index contributed by atoms with van der Waals surface area (Å²) in [6, 6.07) is -0.281. The Balaban J connectivity index is 2.07. The Hall–Kier alpha value is -1.84. The first-order valence-corrected chi connectivity index (χ1v) is 5.96. The summed E-state index contributed by atoms with van der Waals surface area (Å²) in [6.45, 7) is 0.686. The van der Waals surface area contributed by atoms with E-state index in [-0.39, 0.29) is 17.9 Å². The molecular formula is C13H14N2O2. The van der Waals surface area contributed by atoms with Crippen LogP contribution in [-0.2, 0) is 9.59 Å². The second-order valence-electron chi connectivity index (χ2n) is 4.51. The average molecular weight is 230 g/mol. The maximum atomic E-state index is 12.4. The number of nitrogens with one attached hydrogen (secondary N) is 1. The van der Waals surface area contributed by atoms with Crippen molar-refractivity contribution < 1.29 is 9.59 Å². The van der Waals surface area contributed by atoms with Gasteiger partial charge in [-0.05, 0) is 25.3 Å². The molecule has 17 heavy (non-hydrogen) atoms. The maximum Gasteiger partial charge on any atom is 0.256 e. The van der Waals surface area contributed by atoms with Gasteiger partial charge in [0.15, 0.2) is 0 Å². The van der Waals surface area contributed by atoms with Crippen molar-refractivity contribution in [3.05, 3.63) is 35.6 Å². The molecule has 1 aliphatic carbocycles. The monoisotopic (exact) mass is 230 g/mol. The number of carbonyl (C=O) groups is 2. The molecule has 1 N–H and O–H groups in total. The van der Waals surface area contributed by atoms with E-state index in [1.54, 1.807) is 4.90 Å². The highest BCUT2D eigenvalue weighted by Gasteiger charge is 2.38. The van der Waals surface area contributed by atoms with E-state index in [0.29, 0.717) is 17.8 Å². The molecule has 0 spiro atoms. The van der Waals surface area contributed by atoms with Gasteiger partial charge in [0, 0.05) is 6.54 Å². The third-order valence-electron chi connectivity index (χ3n) is 3.44. The minimum absolute atomic E-state index is 0.0244. The Bertz CT molecular complexity index is 474. The van der Waals surface area contributed by atoms with Gasteiger partial charge >= 0.3 is 0 Å². The standard InChI is InChI=1S/C13H14N2O2/c16-12-11-7-4-8-15(11)13(17)9-5-2-1-3-6-10(9)14-12/h2-3,5-6,11H,1,4,7-8H2,(H,14,16). The minimum Gasteiger partial charge on any atom is -0.327 e. The van der Waals surface area contributed by atoms with Crippen LogP contribution in [0.5, 0.6) is 0 Å². The van der Waals surface area contributed by atoms with Gasteiger partial charge in [-0.25, -0.2) is 0 Å². The number of hydrogen-bond donors (Lipinski definition) is 1. The van der Waals surface area contributed by atoms with Crippen molar-refractivity contribution in [3.8, 4) is 0 Å². The van der Waals surface area contributed by atoms with E-state index in [1.807, 2.05) is 24.3 Å². The smallest absolute Gasteiger partial charge is 0.256 e. The van der Waals surface area contributed by atoms with Gasteiger partial charge in [-0.15, -0.1) is 0 Å². The Kier molecular flexibility index (Phi) is 2.35. The van der Waals surface area contributed by atoms with E-state index in [1.165, 1.54) is 0 Å². The van der Waals surface area contributed by atoms with Gasteiger partial charge in [0.25, 0.3) is 5.91 Å². The lowest BCUT2D eigenvalue weighted by Crippen LogP contribution is -2.42. The van der Waals surface area contributed by atoms with Crippen LogP contribution in [0.1, 0.15) is 19.3 Å². The number of allylic oxidation sites excluding steroid dienone is 3. The SMILES string of the molecule is O=C1NC2=C(C=CCC=C2)C(=O)N2CCCC12. The molecule has 0 bridgehead atoms. The molecule has 88 valence electrons. The van der Waals surface area contributed by atoms with Gasteiger partial charge in [0.05, 0.1) is 11.3 Å². The van der Waals surface area contributed by atoms with E-state index in [2.05, 4.69) is 5.32 Å². The highest BCUT2D eigenvalue weighted by Crippen LogP contribution is 2.25. The lowest BCUT2D eigenvalue weighted by Gasteiger charge is -2.20. The fourth-order valence-corrected chi connectivity index (χ4v) is 2.58. The Morgan fingerprint density at radius 3 is 2.94 bits per heavy atom. The second-order valence-corrected chi connectivity index (χ2v) is 4.51. The molecule has 1 fully saturated rings. The fraction of sp³-hybridized carbons (Fsp3) is 0.385. The zero-order chi connectivity index (χ0) is 11.8. The van der Waals surface area contributed by atoms with Gasteiger partial charge in [-0.2, -0.15) is 0 Å². The number of amides is 2. The van der Waals surface area contributed by atoms with Crippen LogP contribution in [0.3, 0.4) is 0 Å². The lowest BCUT2D eigenvalue weighted by atomic mass is 10.1. The number of carbonyl (C=O) groups excluding carboxylic acids is 2. The Morgan fingerprint density at radius 1 is 1.24 bits per heavy atom. The van der Waals surface area contributed by atoms with Crippen molar-refractivity contribution >= 4 is 11.8 Å². The first-order valence-electron chi connectivity index (χ1n) is 5.96. The second kappa shape index (κ2) is 3.87. The lowest BCUT2D eigenvalue weighted by molar-refractivity contribution is -0.134. The first-order chi connectivity index (χ1) is 8.27. The average Bonchev–Trinajstić information content (AvgIpc) is 2.66. The van der Waals surface area contributed by atoms with Crippen LogP contribution in [0.2, 0.25) is 0 Å². The number of fused-ring (bicyclic) bond motifs is 1. The predicted molar refractivity (Wildman–Crippen MR) is 62.8 cm³/mol. The van der Waals surface area contributed by atoms with E-state index in [4.69, 9.17) is 0 Å². The molecular weight excluding hydrogens is 216 g/mol. The summed E-state index contributed by atoms with van der Waals surface area (Å²) in [5.74, 6) is -0.0792. The number of rotatable bonds is 0. The first kappa shape index (κ1) is 10.3. The Morgan fingerprint density at radius 2 is 2.06 bits per heavy atom. The molecule has 1 unspecified atom stereocenters. The van der Waals surface area contributed by atoms with Crippen LogP contribution in [0.15, 0.2) is 35.6 Å². The molecule has 0 radical (unpaired) electrons. The van der Waals surface area contributed by atoms with Gasteiger partial charge in [-0.1, -0.05) is 18.2 Å². The molecule has 3 aliphatic rings. The highest BCUT2D eigenvalue weighted by atomic mass is 16.2. The summed E-state index contributed by atoms with van der Waals surface area (Å²) in [5.41, 5.74) is 1.25. The molecule has 0 aromatic rings. The molecule has 0 aromatic carbocycles. The summed E-state index contributed by atoms with van der Waals surface area (Å²) in [5, 5.41) is 2.86. The topological polar surface area (TPSA) is 49.4 Å². The zero-order valence-electron chi connectivity index (χ0n) is 9.48. The molecule has 2 heterocycles. The third kappa shape index (κ3) is 1.60. The van der Waals surface area contributed by atoms with Crippen molar-refractivity contribution in [2.75, 3.05) is 6.54 Å². The van der Waals surface area contributed by atoms with Gasteiger partial charge in [0.1, 0.15) is 6.04 Å². The van der Waals surface area contributed by atoms with Crippen molar-refractivity contribution in [2.24, 2.45) is 0 Å². The maximum absolute atomic E-state index is 12.4. The highest BCUT2D eigenvalue weighted by molar-refractivity contribution is 6.03. The van der Waals surface area contributed by atoms with Crippen molar-refractivity contribution in [2.45, 2.75) is 25.3 Å². The summed E-state index contributed by atoms with van der Waals surface area (Å²) >= 11 is 0. The molecule has 2 aliphatic heterocycles. The fourth-order valence-electron chi connectivity index (χ4n) is 2.58. The van der Waals surface area contributed by atoms with Crippen LogP contribution in [0.4, 0.5) is 0 Å². The van der Waals surface area contributed by atoms with Crippen LogP contribution >= 0.6 is 0 Å². The molecule has 1 saturated heterocycles. The molecule has 4 nitrogen and oxygen atoms in total. The van der Waals surface area contributed by atoms with Gasteiger partial charge in [0.2, 0.25) is 5.91 Å². The predicted octanol–water partition coefficient (Wildman–Crippen LogP) is 0.877. The molecule has 2 amide bonds. The van der Waals surface area contributed by atoms with Crippen LogP contribution in [0.25, 0.3) is 0 Å². The van der Waals surface area contributed by atoms with Crippen LogP contribution < -0.4 is 5.32 Å². The van der Waals surface area contributed by atoms with Gasteiger partial charge < -0.3 is 10.2 Å². The molecule has 3 rings (SSSR count). The van der Waals surface area contributed by atoms with E-state index < -0.39 is 0 Å². The molecule has 4 heteroatoms. The molecule has 1 atom stereocenters. The molecule has 0 aromatic heterocycles. The summed E-state index contributed by atoms with van der Waals surface area (Å²) in [7, 11) is 0. The zero-order valence-corrected chi connectivity index (χ0v) is 9.48. The summed E-state index contributed by atoms with van der Waals surface area (Å²) in [4.78, 5) is 26.1. The summed E-state index contributed by atoms with van der Waals surface area (Å²) in [6.07, 6.45) is 10.0. The van der Waals surface area contributed by atoms with Crippen molar-refractivity contribution in [3.63, 3.8) is 0 Å². The molecule has 0 saturated carbocycles. The summed E-state index contributed by atoms with van der Waals surface area (Å²) < 4.78 is 0. The Labute approximate surface area is 99.7 Å². The van der Waals surface area contributed by atoms with Gasteiger partial charge in [-0.3, -0.25) is 9.59 Å². The van der Waals surface area contributed by atoms with E-state index in [0.717, 1.165) is 19.3 Å². The third-order valence-corrected chi connectivity index (χ3v) is 3.44. The quantitative estimate of drug-likeness (QED) is 0.671. The van der Waals surface area contributed by atoms with Crippen LogP contribution in [0, 0.1) is 0 Å². The largest absolute Gasteiger partial charge is 0.327 e. The normalized spacial score (nSPS) is 27.5. The van der Waals surface area contributed by atoms with Crippen molar-refractivity contribution in [1.29, 1.82) is 0 Å². The van der Waals surface area contributed by atoms with E-state index >= 15 is 0 Å². The minimum atomic E-state index is -0.281. The van der Waals surface area contributed by atoms with Crippen molar-refractivity contribution in [1.82, 2.24) is 10.2 Å². The number of hydrogen-bond acceptors (Lipinski definition) is 2. The van der Waals surface area contributed by atoms with E-state index in [9.17, 15) is 9.59 Å².